The quantitative estimate of drug-likeness (QED) is 0.232. The predicted octanol–water partition coefficient (Wildman–Crippen LogP) is 3.64. The summed E-state index contributed by atoms with van der Waals surface area (Å²) in [6.07, 6.45) is 4.90. The van der Waals surface area contributed by atoms with Crippen LogP contribution in [0.4, 0.5) is 0 Å². The maximum atomic E-state index is 5.69. The minimum absolute atomic E-state index is 0. The highest BCUT2D eigenvalue weighted by molar-refractivity contribution is 14.0. The van der Waals surface area contributed by atoms with Crippen LogP contribution in [0.1, 0.15) is 28.8 Å². The minimum atomic E-state index is 0. The lowest BCUT2D eigenvalue weighted by molar-refractivity contribution is 0.135. The van der Waals surface area contributed by atoms with Gasteiger partial charge in [-0.15, -0.1) is 35.3 Å². The van der Waals surface area contributed by atoms with Crippen LogP contribution in [0.5, 0.6) is 0 Å². The first-order valence-corrected chi connectivity index (χ1v) is 9.63. The van der Waals surface area contributed by atoms with Gasteiger partial charge in [0, 0.05) is 31.3 Å². The zero-order chi connectivity index (χ0) is 17.7. The SMILES string of the molecule is CCc1cnc(CNC(=NC)NCCCOCCc2ccccc2)s1.I. The van der Waals surface area contributed by atoms with Gasteiger partial charge in [0.05, 0.1) is 13.2 Å². The van der Waals surface area contributed by atoms with Crippen molar-refractivity contribution < 1.29 is 4.74 Å². The number of guanidine groups is 1. The standard InChI is InChI=1S/C19H28N4OS.HI/c1-3-17-14-22-18(25-17)15-23-19(20-2)21-11-7-12-24-13-10-16-8-5-4-6-9-16;/h4-6,8-9,14H,3,7,10-13,15H2,1-2H3,(H2,20,21,23);1H. The first kappa shape index (κ1) is 22.9. The largest absolute Gasteiger partial charge is 0.381 e. The third-order valence-corrected chi connectivity index (χ3v) is 4.86. The van der Waals surface area contributed by atoms with E-state index in [9.17, 15) is 0 Å². The molecule has 144 valence electrons. The van der Waals surface area contributed by atoms with Crippen molar-refractivity contribution in [3.8, 4) is 0 Å². The van der Waals surface area contributed by atoms with Crippen LogP contribution >= 0.6 is 35.3 Å². The summed E-state index contributed by atoms with van der Waals surface area (Å²) in [5, 5.41) is 7.68. The molecular weight excluding hydrogens is 459 g/mol. The molecule has 0 fully saturated rings. The lowest BCUT2D eigenvalue weighted by Gasteiger charge is -2.11. The molecule has 2 N–H and O–H groups in total. The van der Waals surface area contributed by atoms with E-state index < -0.39 is 0 Å². The van der Waals surface area contributed by atoms with E-state index in [1.807, 2.05) is 12.3 Å². The van der Waals surface area contributed by atoms with Crippen molar-refractivity contribution >= 4 is 41.3 Å². The molecule has 1 heterocycles. The summed E-state index contributed by atoms with van der Waals surface area (Å²) >= 11 is 1.74. The number of ether oxygens (including phenoxy) is 1. The predicted molar refractivity (Wildman–Crippen MR) is 121 cm³/mol. The number of halogens is 1. The Morgan fingerprint density at radius 1 is 1.19 bits per heavy atom. The van der Waals surface area contributed by atoms with Gasteiger partial charge in [0.25, 0.3) is 0 Å². The lowest BCUT2D eigenvalue weighted by atomic mass is 10.2. The van der Waals surface area contributed by atoms with Gasteiger partial charge in [0.1, 0.15) is 5.01 Å². The molecule has 0 spiro atoms. The molecule has 0 aliphatic heterocycles. The fourth-order valence-electron chi connectivity index (χ4n) is 2.29. The average molecular weight is 488 g/mol. The fraction of sp³-hybridized carbons (Fsp3) is 0.474. The van der Waals surface area contributed by atoms with Gasteiger partial charge >= 0.3 is 0 Å². The average Bonchev–Trinajstić information content (AvgIpc) is 3.12. The van der Waals surface area contributed by atoms with Crippen molar-refractivity contribution in [3.63, 3.8) is 0 Å². The van der Waals surface area contributed by atoms with Crippen molar-refractivity contribution in [2.75, 3.05) is 26.8 Å². The highest BCUT2D eigenvalue weighted by Crippen LogP contribution is 2.12. The number of hydrogen-bond donors (Lipinski definition) is 2. The monoisotopic (exact) mass is 488 g/mol. The number of aromatic nitrogens is 1. The van der Waals surface area contributed by atoms with Crippen molar-refractivity contribution in [2.45, 2.75) is 32.7 Å². The first-order valence-electron chi connectivity index (χ1n) is 8.81. The molecule has 0 aliphatic carbocycles. The molecule has 0 saturated heterocycles. The van der Waals surface area contributed by atoms with Crippen LogP contribution in [-0.2, 0) is 24.1 Å². The van der Waals surface area contributed by atoms with Crippen molar-refractivity contribution in [1.82, 2.24) is 15.6 Å². The summed E-state index contributed by atoms with van der Waals surface area (Å²) in [6.45, 7) is 5.21. The Hall–Kier alpha value is -1.19. The lowest BCUT2D eigenvalue weighted by Crippen LogP contribution is -2.37. The Kier molecular flexibility index (Phi) is 12.3. The zero-order valence-electron chi connectivity index (χ0n) is 15.5. The number of nitrogens with zero attached hydrogens (tertiary/aromatic N) is 2. The van der Waals surface area contributed by atoms with Crippen LogP contribution in [0.15, 0.2) is 41.5 Å². The van der Waals surface area contributed by atoms with Crippen molar-refractivity contribution in [1.29, 1.82) is 0 Å². The van der Waals surface area contributed by atoms with E-state index in [1.54, 1.807) is 18.4 Å². The number of aryl methyl sites for hydroxylation is 1. The van der Waals surface area contributed by atoms with Gasteiger partial charge in [0.15, 0.2) is 5.96 Å². The normalized spacial score (nSPS) is 11.1. The van der Waals surface area contributed by atoms with Gasteiger partial charge in [0.2, 0.25) is 0 Å². The molecule has 7 heteroatoms. The second-order valence-corrected chi connectivity index (χ2v) is 6.83. The second-order valence-electron chi connectivity index (χ2n) is 5.63. The molecule has 0 saturated carbocycles. The van der Waals surface area contributed by atoms with Crippen LogP contribution in [0.25, 0.3) is 0 Å². The zero-order valence-corrected chi connectivity index (χ0v) is 18.7. The number of nitrogens with one attached hydrogen (secondary N) is 2. The Morgan fingerprint density at radius 3 is 2.69 bits per heavy atom. The smallest absolute Gasteiger partial charge is 0.191 e. The molecule has 0 atom stereocenters. The summed E-state index contributed by atoms with van der Waals surface area (Å²) in [4.78, 5) is 9.95. The molecule has 26 heavy (non-hydrogen) atoms. The summed E-state index contributed by atoms with van der Waals surface area (Å²) in [7, 11) is 1.78. The van der Waals surface area contributed by atoms with E-state index in [4.69, 9.17) is 4.74 Å². The van der Waals surface area contributed by atoms with E-state index in [0.717, 1.165) is 50.0 Å². The van der Waals surface area contributed by atoms with E-state index >= 15 is 0 Å². The minimum Gasteiger partial charge on any atom is -0.381 e. The fourth-order valence-corrected chi connectivity index (χ4v) is 3.09. The topological polar surface area (TPSA) is 58.5 Å². The van der Waals surface area contributed by atoms with Crippen molar-refractivity contribution in [3.05, 3.63) is 52.0 Å². The van der Waals surface area contributed by atoms with Gasteiger partial charge in [-0.25, -0.2) is 4.98 Å². The van der Waals surface area contributed by atoms with E-state index in [0.29, 0.717) is 6.54 Å². The molecule has 0 radical (unpaired) electrons. The number of hydrogen-bond acceptors (Lipinski definition) is 4. The number of rotatable bonds is 10. The maximum absolute atomic E-state index is 5.69. The highest BCUT2D eigenvalue weighted by atomic mass is 127. The number of thiazole rings is 1. The number of benzene rings is 1. The molecule has 0 unspecified atom stereocenters. The Balaban J connectivity index is 0.00000338. The third kappa shape index (κ3) is 8.95. The Bertz CT molecular complexity index is 633. The Morgan fingerprint density at radius 2 is 2.00 bits per heavy atom. The van der Waals surface area contributed by atoms with Gasteiger partial charge in [-0.05, 0) is 24.8 Å². The molecule has 1 aromatic heterocycles. The molecule has 2 rings (SSSR count). The first-order chi connectivity index (χ1) is 12.3. The van der Waals surface area contributed by atoms with Gasteiger partial charge in [-0.3, -0.25) is 4.99 Å². The molecule has 5 nitrogen and oxygen atoms in total. The van der Waals surface area contributed by atoms with Gasteiger partial charge < -0.3 is 15.4 Å². The summed E-state index contributed by atoms with van der Waals surface area (Å²) in [5.41, 5.74) is 1.32. The van der Waals surface area contributed by atoms with Crippen molar-refractivity contribution in [2.24, 2.45) is 4.99 Å². The number of aliphatic imine (C=N–C) groups is 1. The van der Waals surface area contributed by atoms with E-state index in [1.165, 1.54) is 10.4 Å². The molecule has 1 aromatic carbocycles. The Labute approximate surface area is 177 Å². The summed E-state index contributed by atoms with van der Waals surface area (Å²) in [6, 6.07) is 10.4. The second kappa shape index (κ2) is 13.9. The molecule has 0 bridgehead atoms. The highest BCUT2D eigenvalue weighted by Gasteiger charge is 2.02. The van der Waals surface area contributed by atoms with Crippen LogP contribution in [-0.4, -0.2) is 37.7 Å². The van der Waals surface area contributed by atoms with Gasteiger partial charge in [-0.1, -0.05) is 37.3 Å². The molecular formula is C19H29IN4OS. The molecule has 0 amide bonds. The maximum Gasteiger partial charge on any atom is 0.191 e. The summed E-state index contributed by atoms with van der Waals surface area (Å²) < 4.78 is 5.69. The van der Waals surface area contributed by atoms with E-state index in [2.05, 4.69) is 51.8 Å². The van der Waals surface area contributed by atoms with Crippen LogP contribution in [0, 0.1) is 0 Å². The van der Waals surface area contributed by atoms with Gasteiger partial charge in [-0.2, -0.15) is 0 Å². The van der Waals surface area contributed by atoms with Crippen LogP contribution in [0.3, 0.4) is 0 Å². The molecule has 2 aromatic rings. The third-order valence-electron chi connectivity index (χ3n) is 3.72. The molecule has 0 aliphatic rings. The van der Waals surface area contributed by atoms with E-state index in [-0.39, 0.29) is 24.0 Å². The van der Waals surface area contributed by atoms with Crippen LogP contribution in [0.2, 0.25) is 0 Å². The summed E-state index contributed by atoms with van der Waals surface area (Å²) in [5.74, 6) is 0.803. The van der Waals surface area contributed by atoms with Crippen LogP contribution < -0.4 is 10.6 Å².